The van der Waals surface area contributed by atoms with Crippen LogP contribution >= 0.6 is 11.6 Å². The van der Waals surface area contributed by atoms with Gasteiger partial charge in [0.1, 0.15) is 5.75 Å². The quantitative estimate of drug-likeness (QED) is 0.306. The van der Waals surface area contributed by atoms with Crippen LogP contribution in [0.4, 0.5) is 0 Å². The summed E-state index contributed by atoms with van der Waals surface area (Å²) >= 11 is 6.17. The van der Waals surface area contributed by atoms with Crippen molar-refractivity contribution in [3.8, 4) is 22.9 Å². The van der Waals surface area contributed by atoms with Crippen molar-refractivity contribution in [1.29, 1.82) is 5.26 Å². The molecule has 0 saturated heterocycles. The molecule has 1 aliphatic rings. The van der Waals surface area contributed by atoms with Gasteiger partial charge in [-0.2, -0.15) is 5.26 Å². The number of ether oxygens (including phenoxy) is 3. The zero-order valence-electron chi connectivity index (χ0n) is 22.5. The van der Waals surface area contributed by atoms with Crippen LogP contribution < -0.4 is 10.3 Å². The second kappa shape index (κ2) is 12.8. The molecule has 1 aliphatic carbocycles. The summed E-state index contributed by atoms with van der Waals surface area (Å²) in [5.74, 6) is -0.193. The van der Waals surface area contributed by atoms with E-state index in [2.05, 4.69) is 6.07 Å². The number of halogens is 1. The number of ketones is 1. The maximum Gasteiger partial charge on any atom is 0.334 e. The Kier molecular flexibility index (Phi) is 9.20. The van der Waals surface area contributed by atoms with Crippen LogP contribution in [-0.2, 0) is 31.9 Å². The van der Waals surface area contributed by atoms with Crippen LogP contribution in [0.15, 0.2) is 59.0 Å². The Morgan fingerprint density at radius 2 is 1.93 bits per heavy atom. The number of aromatic nitrogens is 1. The summed E-state index contributed by atoms with van der Waals surface area (Å²) in [6, 6.07) is 13.1. The van der Waals surface area contributed by atoms with Crippen LogP contribution in [0.5, 0.6) is 5.75 Å². The highest BCUT2D eigenvalue weighted by Crippen LogP contribution is 2.34. The Morgan fingerprint density at radius 3 is 2.62 bits per heavy atom. The van der Waals surface area contributed by atoms with Crippen LogP contribution in [0, 0.1) is 11.3 Å². The van der Waals surface area contributed by atoms with Crippen molar-refractivity contribution in [2.24, 2.45) is 0 Å². The average Bonchev–Trinajstić information content (AvgIpc) is 3.37. The van der Waals surface area contributed by atoms with Gasteiger partial charge in [0.15, 0.2) is 5.78 Å². The van der Waals surface area contributed by atoms with E-state index in [9.17, 15) is 19.6 Å². The normalized spacial score (nSPS) is 12.7. The highest BCUT2D eigenvalue weighted by molar-refractivity contribution is 6.31. The standard InChI is InChI=1S/C31H29ClN2O6/c1-4-40-31(37)23-13-20-6-5-19(11-22(20)14-23)12-28(35)27(9-10-38-2)34-18-29(39-3)26(16-30(34)36)25-15-24(32)8-7-21(25)17-33/h5-8,11,13,15-16,18,27H,4,9-10,12,14H2,1-3H3. The van der Waals surface area contributed by atoms with Crippen LogP contribution in [0.3, 0.4) is 0 Å². The first-order valence-corrected chi connectivity index (χ1v) is 13.2. The average molecular weight is 561 g/mol. The van der Waals surface area contributed by atoms with Crippen molar-refractivity contribution >= 4 is 29.4 Å². The van der Waals surface area contributed by atoms with Crippen LogP contribution in [0.2, 0.25) is 5.02 Å². The summed E-state index contributed by atoms with van der Waals surface area (Å²) in [4.78, 5) is 39.2. The minimum atomic E-state index is -0.813. The maximum absolute atomic E-state index is 13.6. The van der Waals surface area contributed by atoms with Crippen molar-refractivity contribution in [3.63, 3.8) is 0 Å². The topological polar surface area (TPSA) is 108 Å². The molecule has 4 rings (SSSR count). The molecule has 0 radical (unpaired) electrons. The maximum atomic E-state index is 13.6. The molecule has 1 unspecified atom stereocenters. The first-order chi connectivity index (χ1) is 19.3. The van der Waals surface area contributed by atoms with Gasteiger partial charge in [-0.05, 0) is 54.3 Å². The van der Waals surface area contributed by atoms with E-state index in [0.29, 0.717) is 46.1 Å². The fourth-order valence-electron chi connectivity index (χ4n) is 4.85. The lowest BCUT2D eigenvalue weighted by molar-refractivity contribution is -0.138. The predicted molar refractivity (Wildman–Crippen MR) is 151 cm³/mol. The molecule has 9 heteroatoms. The third-order valence-electron chi connectivity index (χ3n) is 6.79. The molecule has 1 aromatic heterocycles. The van der Waals surface area contributed by atoms with Crippen LogP contribution in [-0.4, -0.2) is 43.8 Å². The molecule has 206 valence electrons. The van der Waals surface area contributed by atoms with Crippen molar-refractivity contribution < 1.29 is 23.8 Å². The van der Waals surface area contributed by atoms with Gasteiger partial charge in [-0.3, -0.25) is 9.59 Å². The first-order valence-electron chi connectivity index (χ1n) is 12.8. The Morgan fingerprint density at radius 1 is 1.12 bits per heavy atom. The summed E-state index contributed by atoms with van der Waals surface area (Å²) in [6.07, 6.45) is 4.11. The third-order valence-corrected chi connectivity index (χ3v) is 7.03. The monoisotopic (exact) mass is 560 g/mol. The number of hydrogen-bond donors (Lipinski definition) is 0. The molecule has 0 N–H and O–H groups in total. The third kappa shape index (κ3) is 6.17. The number of carbonyl (C=O) groups excluding carboxylic acids is 2. The van der Waals surface area contributed by atoms with Gasteiger partial charge in [-0.15, -0.1) is 0 Å². The largest absolute Gasteiger partial charge is 0.495 e. The summed E-state index contributed by atoms with van der Waals surface area (Å²) in [6.45, 7) is 2.33. The second-order valence-electron chi connectivity index (χ2n) is 9.34. The lowest BCUT2D eigenvalue weighted by atomic mass is 9.97. The molecule has 40 heavy (non-hydrogen) atoms. The van der Waals surface area contributed by atoms with Crippen LogP contribution in [0.1, 0.15) is 41.6 Å². The molecule has 0 bridgehead atoms. The molecule has 0 amide bonds. The molecular formula is C31H29ClN2O6. The molecule has 0 spiro atoms. The zero-order chi connectivity index (χ0) is 28.8. The van der Waals surface area contributed by atoms with Crippen molar-refractivity contribution in [2.45, 2.75) is 32.2 Å². The summed E-state index contributed by atoms with van der Waals surface area (Å²) in [5, 5.41) is 9.99. The van der Waals surface area contributed by atoms with E-state index in [1.807, 2.05) is 24.3 Å². The van der Waals surface area contributed by atoms with Gasteiger partial charge in [-0.1, -0.05) is 29.8 Å². The number of benzene rings is 2. The molecule has 8 nitrogen and oxygen atoms in total. The number of rotatable bonds is 11. The number of hydrogen-bond acceptors (Lipinski definition) is 7. The summed E-state index contributed by atoms with van der Waals surface area (Å²) < 4.78 is 17.3. The van der Waals surface area contributed by atoms with Crippen molar-refractivity contribution in [1.82, 2.24) is 4.57 Å². The van der Waals surface area contributed by atoms with Gasteiger partial charge in [0.05, 0.1) is 37.6 Å². The number of nitrogens with zero attached hydrogens (tertiary/aromatic N) is 2. The molecule has 3 aromatic rings. The SMILES string of the molecule is CCOC(=O)C1=Cc2ccc(CC(=O)C(CCOC)n3cc(OC)c(-c4cc(Cl)ccc4C#N)cc3=O)cc2C1. The van der Waals surface area contributed by atoms with E-state index >= 15 is 0 Å². The highest BCUT2D eigenvalue weighted by Gasteiger charge is 2.25. The zero-order valence-corrected chi connectivity index (χ0v) is 23.3. The number of carbonyl (C=O) groups is 2. The first kappa shape index (κ1) is 28.8. The number of Topliss-reactive ketones (excluding diaryl/α,β-unsaturated/α-hetero) is 1. The fourth-order valence-corrected chi connectivity index (χ4v) is 5.02. The fraction of sp³-hybridized carbons (Fsp3) is 0.290. The minimum absolute atomic E-state index is 0.0831. The Labute approximate surface area is 237 Å². The van der Waals surface area contributed by atoms with Gasteiger partial charge < -0.3 is 18.8 Å². The van der Waals surface area contributed by atoms with E-state index in [-0.39, 0.29) is 31.2 Å². The van der Waals surface area contributed by atoms with Crippen molar-refractivity contribution in [3.05, 3.63) is 91.9 Å². The molecule has 1 atom stereocenters. The number of pyridine rings is 1. The smallest absolute Gasteiger partial charge is 0.334 e. The van der Waals surface area contributed by atoms with Gasteiger partial charge in [0.25, 0.3) is 5.56 Å². The van der Waals surface area contributed by atoms with E-state index in [1.54, 1.807) is 25.1 Å². The van der Waals surface area contributed by atoms with Gasteiger partial charge in [0.2, 0.25) is 0 Å². The predicted octanol–water partition coefficient (Wildman–Crippen LogP) is 4.94. The second-order valence-corrected chi connectivity index (χ2v) is 9.78. The van der Waals surface area contributed by atoms with Gasteiger partial charge in [-0.25, -0.2) is 4.79 Å². The lowest BCUT2D eigenvalue weighted by Crippen LogP contribution is -2.31. The van der Waals surface area contributed by atoms with Crippen molar-refractivity contribution in [2.75, 3.05) is 27.4 Å². The van der Waals surface area contributed by atoms with Gasteiger partial charge in [0, 0.05) is 54.3 Å². The van der Waals surface area contributed by atoms with Gasteiger partial charge >= 0.3 is 5.97 Å². The van der Waals surface area contributed by atoms with E-state index in [1.165, 1.54) is 31.0 Å². The number of esters is 1. The minimum Gasteiger partial charge on any atom is -0.495 e. The Bertz CT molecular complexity index is 1580. The van der Waals surface area contributed by atoms with E-state index < -0.39 is 11.6 Å². The number of fused-ring (bicyclic) bond motifs is 1. The lowest BCUT2D eigenvalue weighted by Gasteiger charge is -2.21. The van der Waals surface area contributed by atoms with E-state index in [4.69, 9.17) is 25.8 Å². The molecule has 0 fully saturated rings. The molecule has 0 saturated carbocycles. The van der Waals surface area contributed by atoms with E-state index in [0.717, 1.165) is 16.7 Å². The molecule has 1 heterocycles. The Hall–Kier alpha value is -4.19. The highest BCUT2D eigenvalue weighted by atomic mass is 35.5. The molecular weight excluding hydrogens is 532 g/mol. The summed E-state index contributed by atoms with van der Waals surface area (Å²) in [5.41, 5.74) is 4.00. The molecule has 2 aromatic carbocycles. The molecule has 0 aliphatic heterocycles. The number of nitriles is 1. The summed E-state index contributed by atoms with van der Waals surface area (Å²) in [7, 11) is 2.99. The van der Waals surface area contributed by atoms with Crippen LogP contribution in [0.25, 0.3) is 17.2 Å². The number of methoxy groups -OCH3 is 2. The Balaban J connectivity index is 1.64.